The summed E-state index contributed by atoms with van der Waals surface area (Å²) >= 11 is 0. The van der Waals surface area contributed by atoms with Gasteiger partial charge < -0.3 is 15.4 Å². The fourth-order valence-electron chi connectivity index (χ4n) is 1.72. The highest BCUT2D eigenvalue weighted by Crippen LogP contribution is 2.19. The second kappa shape index (κ2) is 4.44. The minimum Gasteiger partial charge on any atom is -0.377 e. The van der Waals surface area contributed by atoms with Gasteiger partial charge in [-0.2, -0.15) is 4.39 Å². The quantitative estimate of drug-likeness (QED) is 0.714. The average molecular weight is 225 g/mol. The summed E-state index contributed by atoms with van der Waals surface area (Å²) in [7, 11) is 0. The van der Waals surface area contributed by atoms with Crippen molar-refractivity contribution in [1.29, 1.82) is 0 Å². The van der Waals surface area contributed by atoms with Crippen molar-refractivity contribution in [2.75, 3.05) is 24.7 Å². The molecule has 6 heteroatoms. The molecule has 0 spiro atoms. The Labute approximate surface area is 92.0 Å². The normalized spacial score (nSPS) is 20.8. The second-order valence-corrected chi connectivity index (χ2v) is 3.52. The van der Waals surface area contributed by atoms with Gasteiger partial charge in [0.05, 0.1) is 13.2 Å². The van der Waals surface area contributed by atoms with Crippen LogP contribution in [0.15, 0.2) is 18.3 Å². The lowest BCUT2D eigenvalue weighted by Crippen LogP contribution is -2.52. The molecule has 0 radical (unpaired) electrons. The van der Waals surface area contributed by atoms with Crippen LogP contribution in [0.1, 0.15) is 0 Å². The first-order valence-electron chi connectivity index (χ1n) is 4.94. The van der Waals surface area contributed by atoms with Gasteiger partial charge in [-0.1, -0.05) is 0 Å². The number of hydrogen-bond acceptors (Lipinski definition) is 4. The van der Waals surface area contributed by atoms with Crippen LogP contribution in [0.3, 0.4) is 0 Å². The molecule has 2 N–H and O–H groups in total. The van der Waals surface area contributed by atoms with Crippen LogP contribution in [0.2, 0.25) is 0 Å². The molecule has 0 aliphatic carbocycles. The number of amides is 1. The summed E-state index contributed by atoms with van der Waals surface area (Å²) in [6.45, 7) is 1.24. The molecule has 5 nitrogen and oxygen atoms in total. The van der Waals surface area contributed by atoms with Gasteiger partial charge in [0.1, 0.15) is 6.04 Å². The Hall–Kier alpha value is -1.69. The Balaban J connectivity index is 2.26. The van der Waals surface area contributed by atoms with E-state index in [9.17, 15) is 9.18 Å². The average Bonchev–Trinajstić information content (AvgIpc) is 2.29. The topological polar surface area (TPSA) is 68.5 Å². The third-order valence-electron chi connectivity index (χ3n) is 2.50. The van der Waals surface area contributed by atoms with Gasteiger partial charge in [0.25, 0.3) is 0 Å². The molecule has 1 atom stereocenters. The molecule has 0 saturated carbocycles. The summed E-state index contributed by atoms with van der Waals surface area (Å²) in [6, 6.07) is 2.38. The lowest BCUT2D eigenvalue weighted by molar-refractivity contribution is -0.121. The van der Waals surface area contributed by atoms with Crippen molar-refractivity contribution in [1.82, 2.24) is 4.98 Å². The van der Waals surface area contributed by atoms with E-state index in [0.29, 0.717) is 18.8 Å². The van der Waals surface area contributed by atoms with Crippen LogP contribution < -0.4 is 10.6 Å². The number of anilines is 1. The van der Waals surface area contributed by atoms with E-state index < -0.39 is 17.9 Å². The summed E-state index contributed by atoms with van der Waals surface area (Å²) in [5.41, 5.74) is 5.86. The fourth-order valence-corrected chi connectivity index (χ4v) is 1.72. The number of ether oxygens (including phenoxy) is 1. The maximum atomic E-state index is 13.0. The van der Waals surface area contributed by atoms with Gasteiger partial charge in [0.2, 0.25) is 11.9 Å². The van der Waals surface area contributed by atoms with Gasteiger partial charge in [-0.25, -0.2) is 4.98 Å². The summed E-state index contributed by atoms with van der Waals surface area (Å²) in [5.74, 6) is -1.05. The molecule has 2 rings (SSSR count). The zero-order chi connectivity index (χ0) is 11.5. The van der Waals surface area contributed by atoms with Crippen molar-refractivity contribution in [3.63, 3.8) is 0 Å². The van der Waals surface area contributed by atoms with Crippen LogP contribution in [-0.2, 0) is 9.53 Å². The van der Waals surface area contributed by atoms with Gasteiger partial charge in [-0.3, -0.25) is 4.79 Å². The van der Waals surface area contributed by atoms with E-state index in [0.717, 1.165) is 0 Å². The molecule has 16 heavy (non-hydrogen) atoms. The monoisotopic (exact) mass is 225 g/mol. The number of carbonyl (C=O) groups excluding carboxylic acids is 1. The van der Waals surface area contributed by atoms with Crippen LogP contribution in [0.25, 0.3) is 0 Å². The van der Waals surface area contributed by atoms with Crippen LogP contribution >= 0.6 is 0 Å². The van der Waals surface area contributed by atoms with E-state index in [1.165, 1.54) is 12.3 Å². The van der Waals surface area contributed by atoms with Gasteiger partial charge in [0, 0.05) is 24.5 Å². The molecule has 0 bridgehead atoms. The number of pyridine rings is 1. The predicted molar refractivity (Wildman–Crippen MR) is 55.3 cm³/mol. The van der Waals surface area contributed by atoms with Crippen LogP contribution in [0, 0.1) is 5.95 Å². The number of primary amides is 1. The first kappa shape index (κ1) is 10.8. The predicted octanol–water partition coefficient (Wildman–Crippen LogP) is -0.0888. The van der Waals surface area contributed by atoms with Crippen molar-refractivity contribution in [3.05, 3.63) is 24.3 Å². The van der Waals surface area contributed by atoms with Gasteiger partial charge in [0.15, 0.2) is 0 Å². The van der Waals surface area contributed by atoms with Crippen molar-refractivity contribution >= 4 is 11.6 Å². The first-order chi connectivity index (χ1) is 7.68. The fraction of sp³-hybridized carbons (Fsp3) is 0.400. The molecule has 1 amide bonds. The van der Waals surface area contributed by atoms with E-state index in [-0.39, 0.29) is 6.61 Å². The molecule has 86 valence electrons. The van der Waals surface area contributed by atoms with Gasteiger partial charge in [-0.15, -0.1) is 0 Å². The standard InChI is InChI=1S/C10H12FN3O2/c11-9-5-7(1-2-13-9)14-3-4-16-6-8(14)10(12)15/h1-2,5,8H,3-4,6H2,(H2,12,15). The van der Waals surface area contributed by atoms with Crippen LogP contribution in [0.4, 0.5) is 10.1 Å². The van der Waals surface area contributed by atoms with E-state index in [1.807, 2.05) is 0 Å². The maximum absolute atomic E-state index is 13.0. The summed E-state index contributed by atoms with van der Waals surface area (Å²) in [5, 5.41) is 0. The molecule has 1 aromatic rings. The Kier molecular flexibility index (Phi) is 3.00. The Morgan fingerprint density at radius 2 is 2.50 bits per heavy atom. The summed E-state index contributed by atoms with van der Waals surface area (Å²) in [4.78, 5) is 16.4. The zero-order valence-corrected chi connectivity index (χ0v) is 8.60. The second-order valence-electron chi connectivity index (χ2n) is 3.52. The third-order valence-corrected chi connectivity index (χ3v) is 2.50. The number of nitrogens with zero attached hydrogens (tertiary/aromatic N) is 2. The molecular formula is C10H12FN3O2. The lowest BCUT2D eigenvalue weighted by Gasteiger charge is -2.35. The zero-order valence-electron chi connectivity index (χ0n) is 8.60. The molecule has 2 heterocycles. The Morgan fingerprint density at radius 3 is 3.19 bits per heavy atom. The number of halogens is 1. The summed E-state index contributed by atoms with van der Waals surface area (Å²) < 4.78 is 18.1. The maximum Gasteiger partial charge on any atom is 0.242 e. The third kappa shape index (κ3) is 2.11. The van der Waals surface area contributed by atoms with Crippen LogP contribution in [0.5, 0.6) is 0 Å². The summed E-state index contributed by atoms with van der Waals surface area (Å²) in [6.07, 6.45) is 1.36. The van der Waals surface area contributed by atoms with Gasteiger partial charge in [-0.05, 0) is 6.07 Å². The Bertz CT molecular complexity index is 399. The first-order valence-corrected chi connectivity index (χ1v) is 4.94. The minimum absolute atomic E-state index is 0.235. The number of aromatic nitrogens is 1. The number of rotatable bonds is 2. The molecule has 1 aliphatic rings. The number of nitrogens with two attached hydrogens (primary N) is 1. The molecule has 1 unspecified atom stereocenters. The van der Waals surface area contributed by atoms with Crippen molar-refractivity contribution in [3.8, 4) is 0 Å². The molecule has 1 aromatic heterocycles. The van der Waals surface area contributed by atoms with Crippen LogP contribution in [-0.4, -0.2) is 36.7 Å². The lowest BCUT2D eigenvalue weighted by atomic mass is 10.2. The molecule has 1 aliphatic heterocycles. The largest absolute Gasteiger partial charge is 0.377 e. The van der Waals surface area contributed by atoms with E-state index in [1.54, 1.807) is 11.0 Å². The van der Waals surface area contributed by atoms with E-state index in [2.05, 4.69) is 4.98 Å². The van der Waals surface area contributed by atoms with Crippen molar-refractivity contribution in [2.24, 2.45) is 5.73 Å². The Morgan fingerprint density at radius 1 is 1.69 bits per heavy atom. The van der Waals surface area contributed by atoms with E-state index in [4.69, 9.17) is 10.5 Å². The highest BCUT2D eigenvalue weighted by atomic mass is 19.1. The van der Waals surface area contributed by atoms with E-state index >= 15 is 0 Å². The number of hydrogen-bond donors (Lipinski definition) is 1. The highest BCUT2D eigenvalue weighted by molar-refractivity contribution is 5.84. The molecule has 1 fully saturated rings. The SMILES string of the molecule is NC(=O)C1COCCN1c1ccnc(F)c1. The van der Waals surface area contributed by atoms with Gasteiger partial charge >= 0.3 is 0 Å². The highest BCUT2D eigenvalue weighted by Gasteiger charge is 2.27. The smallest absolute Gasteiger partial charge is 0.242 e. The van der Waals surface area contributed by atoms with Crippen molar-refractivity contribution < 1.29 is 13.9 Å². The molecule has 1 saturated heterocycles. The minimum atomic E-state index is -0.577. The molecular weight excluding hydrogens is 213 g/mol. The molecule has 0 aromatic carbocycles. The van der Waals surface area contributed by atoms with Crippen molar-refractivity contribution in [2.45, 2.75) is 6.04 Å². The number of carbonyl (C=O) groups is 1. The number of morpholine rings is 1.